The summed E-state index contributed by atoms with van der Waals surface area (Å²) < 4.78 is 0. The second-order valence-electron chi connectivity index (χ2n) is 8.02. The number of likely N-dealkylation sites (N-methyl/N-ethyl adjacent to an activating group) is 1. The summed E-state index contributed by atoms with van der Waals surface area (Å²) in [7, 11) is 4.28. The van der Waals surface area contributed by atoms with Crippen molar-refractivity contribution < 1.29 is 4.79 Å². The highest BCUT2D eigenvalue weighted by molar-refractivity contribution is 5.81. The van der Waals surface area contributed by atoms with E-state index in [4.69, 9.17) is 0 Å². The SMILES string of the molecule is C[C@H]1[C@H](C)CCC[C@@H]1NC(=O)[C@H](C)N1C[C@@H](N(C)C)[C@@H](C)C1. The fraction of sp³-hybridized carbons (Fsp3) is 0.944. The number of nitrogens with one attached hydrogen (secondary N) is 1. The van der Waals surface area contributed by atoms with Gasteiger partial charge in [0.2, 0.25) is 5.91 Å². The van der Waals surface area contributed by atoms with E-state index in [1.54, 1.807) is 0 Å². The maximum atomic E-state index is 12.7. The minimum atomic E-state index is -0.0168. The predicted octanol–water partition coefficient (Wildman–Crippen LogP) is 2.20. The van der Waals surface area contributed by atoms with Crippen molar-refractivity contribution in [2.75, 3.05) is 27.2 Å². The van der Waals surface area contributed by atoms with E-state index < -0.39 is 0 Å². The maximum absolute atomic E-state index is 12.7. The molecule has 0 spiro atoms. The van der Waals surface area contributed by atoms with Gasteiger partial charge in [-0.2, -0.15) is 0 Å². The van der Waals surface area contributed by atoms with Crippen LogP contribution in [0.15, 0.2) is 0 Å². The third-order valence-electron chi connectivity index (χ3n) is 6.23. The van der Waals surface area contributed by atoms with Crippen molar-refractivity contribution in [1.29, 1.82) is 0 Å². The summed E-state index contributed by atoms with van der Waals surface area (Å²) in [6.07, 6.45) is 3.69. The predicted molar refractivity (Wildman–Crippen MR) is 91.8 cm³/mol. The molecule has 1 saturated heterocycles. The number of carbonyl (C=O) groups excluding carboxylic acids is 1. The lowest BCUT2D eigenvalue weighted by molar-refractivity contribution is -0.127. The van der Waals surface area contributed by atoms with Gasteiger partial charge in [0.15, 0.2) is 0 Å². The smallest absolute Gasteiger partial charge is 0.237 e. The van der Waals surface area contributed by atoms with E-state index >= 15 is 0 Å². The summed E-state index contributed by atoms with van der Waals surface area (Å²) in [5.74, 6) is 2.16. The Morgan fingerprint density at radius 3 is 2.41 bits per heavy atom. The van der Waals surface area contributed by atoms with Crippen LogP contribution in [0.4, 0.5) is 0 Å². The van der Waals surface area contributed by atoms with E-state index in [0.29, 0.717) is 23.9 Å². The molecule has 1 N–H and O–H groups in total. The second kappa shape index (κ2) is 7.31. The van der Waals surface area contributed by atoms with Crippen LogP contribution in [0.5, 0.6) is 0 Å². The Labute approximate surface area is 136 Å². The first kappa shape index (κ1) is 17.7. The third-order valence-corrected chi connectivity index (χ3v) is 6.23. The van der Waals surface area contributed by atoms with Crippen molar-refractivity contribution in [1.82, 2.24) is 15.1 Å². The Kier molecular flexibility index (Phi) is 5.89. The zero-order chi connectivity index (χ0) is 16.4. The van der Waals surface area contributed by atoms with E-state index in [9.17, 15) is 4.79 Å². The molecule has 4 nitrogen and oxygen atoms in total. The molecule has 0 bridgehead atoms. The van der Waals surface area contributed by atoms with Crippen LogP contribution in [-0.2, 0) is 4.79 Å². The Morgan fingerprint density at radius 1 is 1.14 bits per heavy atom. The zero-order valence-corrected chi connectivity index (χ0v) is 15.3. The average molecular weight is 309 g/mol. The molecule has 1 aliphatic heterocycles. The first-order valence-corrected chi connectivity index (χ1v) is 9.02. The van der Waals surface area contributed by atoms with Crippen LogP contribution in [0.2, 0.25) is 0 Å². The molecule has 1 aliphatic carbocycles. The Hall–Kier alpha value is -0.610. The van der Waals surface area contributed by atoms with Gasteiger partial charge < -0.3 is 10.2 Å². The average Bonchev–Trinajstić information content (AvgIpc) is 2.85. The molecular formula is C18H35N3O. The maximum Gasteiger partial charge on any atom is 0.237 e. The van der Waals surface area contributed by atoms with Crippen molar-refractivity contribution in [3.63, 3.8) is 0 Å². The van der Waals surface area contributed by atoms with Crippen molar-refractivity contribution in [3.05, 3.63) is 0 Å². The molecule has 4 heteroatoms. The van der Waals surface area contributed by atoms with Crippen LogP contribution in [0.3, 0.4) is 0 Å². The normalized spacial score (nSPS) is 38.2. The topological polar surface area (TPSA) is 35.6 Å². The Balaban J connectivity index is 1.90. The minimum Gasteiger partial charge on any atom is -0.352 e. The Bertz CT molecular complexity index is 385. The van der Waals surface area contributed by atoms with Gasteiger partial charge in [-0.3, -0.25) is 9.69 Å². The van der Waals surface area contributed by atoms with Gasteiger partial charge in [0.1, 0.15) is 0 Å². The van der Waals surface area contributed by atoms with Crippen molar-refractivity contribution in [3.8, 4) is 0 Å². The zero-order valence-electron chi connectivity index (χ0n) is 15.3. The van der Waals surface area contributed by atoms with Gasteiger partial charge in [-0.15, -0.1) is 0 Å². The molecule has 2 rings (SSSR count). The van der Waals surface area contributed by atoms with E-state index in [1.807, 2.05) is 0 Å². The molecule has 22 heavy (non-hydrogen) atoms. The molecule has 0 unspecified atom stereocenters. The molecular weight excluding hydrogens is 274 g/mol. The fourth-order valence-corrected chi connectivity index (χ4v) is 4.23. The number of likely N-dealkylation sites (tertiary alicyclic amines) is 1. The molecule has 0 radical (unpaired) electrons. The summed E-state index contributed by atoms with van der Waals surface area (Å²) in [6, 6.07) is 0.907. The van der Waals surface area contributed by atoms with Crippen LogP contribution in [-0.4, -0.2) is 61.0 Å². The number of rotatable bonds is 4. The van der Waals surface area contributed by atoms with Crippen LogP contribution < -0.4 is 5.32 Å². The quantitative estimate of drug-likeness (QED) is 0.865. The molecule has 2 fully saturated rings. The molecule has 0 aromatic heterocycles. The molecule has 6 atom stereocenters. The molecule has 0 aromatic rings. The molecule has 128 valence electrons. The highest BCUT2D eigenvalue weighted by Gasteiger charge is 2.36. The number of hydrogen-bond donors (Lipinski definition) is 1. The minimum absolute atomic E-state index is 0.0168. The van der Waals surface area contributed by atoms with Gasteiger partial charge in [-0.1, -0.05) is 33.6 Å². The van der Waals surface area contributed by atoms with Gasteiger partial charge in [0.25, 0.3) is 0 Å². The van der Waals surface area contributed by atoms with E-state index in [-0.39, 0.29) is 11.9 Å². The van der Waals surface area contributed by atoms with Crippen LogP contribution in [0.25, 0.3) is 0 Å². The van der Waals surface area contributed by atoms with Crippen molar-refractivity contribution in [2.45, 2.75) is 65.1 Å². The molecule has 1 saturated carbocycles. The molecule has 1 amide bonds. The first-order valence-electron chi connectivity index (χ1n) is 9.02. The van der Waals surface area contributed by atoms with Gasteiger partial charge in [-0.25, -0.2) is 0 Å². The monoisotopic (exact) mass is 309 g/mol. The Morgan fingerprint density at radius 2 is 1.82 bits per heavy atom. The van der Waals surface area contributed by atoms with Crippen LogP contribution in [0, 0.1) is 17.8 Å². The lowest BCUT2D eigenvalue weighted by Crippen LogP contribution is -2.51. The number of hydrogen-bond acceptors (Lipinski definition) is 3. The van der Waals surface area contributed by atoms with Crippen molar-refractivity contribution >= 4 is 5.91 Å². The largest absolute Gasteiger partial charge is 0.352 e. The van der Waals surface area contributed by atoms with Gasteiger partial charge in [0, 0.05) is 25.2 Å². The molecule has 1 heterocycles. The molecule has 0 aromatic carbocycles. The highest BCUT2D eigenvalue weighted by Crippen LogP contribution is 2.30. The number of carbonyl (C=O) groups is 1. The number of amides is 1. The summed E-state index contributed by atoms with van der Waals surface area (Å²) in [5.41, 5.74) is 0. The lowest BCUT2D eigenvalue weighted by Gasteiger charge is -2.36. The second-order valence-corrected chi connectivity index (χ2v) is 8.02. The standard InChI is InChI=1S/C18H35N3O/c1-12-8-7-9-16(14(12)3)19-18(22)15(4)21-10-13(2)17(11-21)20(5)6/h12-17H,7-11H2,1-6H3,(H,19,22)/t12-,13+,14+,15+,16+,17-/m1/s1. The van der Waals surface area contributed by atoms with Gasteiger partial charge in [-0.05, 0) is 45.2 Å². The van der Waals surface area contributed by atoms with Crippen molar-refractivity contribution in [2.24, 2.45) is 17.8 Å². The van der Waals surface area contributed by atoms with E-state index in [1.165, 1.54) is 12.8 Å². The van der Waals surface area contributed by atoms with Crippen LogP contribution >= 0.6 is 0 Å². The van der Waals surface area contributed by atoms with Gasteiger partial charge in [0.05, 0.1) is 6.04 Å². The fourth-order valence-electron chi connectivity index (χ4n) is 4.23. The summed E-state index contributed by atoms with van der Waals surface area (Å²) >= 11 is 0. The summed E-state index contributed by atoms with van der Waals surface area (Å²) in [5, 5.41) is 3.34. The molecule has 2 aliphatic rings. The lowest BCUT2D eigenvalue weighted by atomic mass is 9.78. The van der Waals surface area contributed by atoms with Gasteiger partial charge >= 0.3 is 0 Å². The third kappa shape index (κ3) is 3.83. The summed E-state index contributed by atoms with van der Waals surface area (Å²) in [4.78, 5) is 17.3. The van der Waals surface area contributed by atoms with E-state index in [0.717, 1.165) is 25.4 Å². The van der Waals surface area contributed by atoms with Crippen LogP contribution in [0.1, 0.15) is 47.0 Å². The van der Waals surface area contributed by atoms with E-state index in [2.05, 4.69) is 56.9 Å². The highest BCUT2D eigenvalue weighted by atomic mass is 16.2. The number of nitrogens with zero attached hydrogens (tertiary/aromatic N) is 2. The first-order chi connectivity index (χ1) is 10.3. The summed E-state index contributed by atoms with van der Waals surface area (Å²) in [6.45, 7) is 11.0.